The van der Waals surface area contributed by atoms with Crippen LogP contribution in [0.5, 0.6) is 11.5 Å². The largest absolute Gasteiger partial charge is 0.486 e. The molecule has 9 nitrogen and oxygen atoms in total. The average Bonchev–Trinajstić information content (AvgIpc) is 3.23. The van der Waals surface area contributed by atoms with Gasteiger partial charge >= 0.3 is 6.18 Å². The fourth-order valence-corrected chi connectivity index (χ4v) is 3.67. The van der Waals surface area contributed by atoms with Crippen molar-refractivity contribution in [1.29, 1.82) is 0 Å². The molecule has 0 saturated heterocycles. The number of carbonyl (C=O) groups is 1. The van der Waals surface area contributed by atoms with Gasteiger partial charge in [0.15, 0.2) is 17.3 Å². The summed E-state index contributed by atoms with van der Waals surface area (Å²) in [7, 11) is 0. The summed E-state index contributed by atoms with van der Waals surface area (Å²) in [6.07, 6.45) is -1.90. The summed E-state index contributed by atoms with van der Waals surface area (Å²) < 4.78 is 52.5. The number of carbonyl (C=O) groups excluding carboxylic acids is 1. The lowest BCUT2D eigenvalue weighted by atomic mass is 10.0. The third-order valence-corrected chi connectivity index (χ3v) is 5.46. The number of nitrogens with zero attached hydrogens (tertiary/aromatic N) is 4. The van der Waals surface area contributed by atoms with Crippen LogP contribution in [-0.2, 0) is 0 Å². The fourth-order valence-electron chi connectivity index (χ4n) is 3.67. The van der Waals surface area contributed by atoms with Gasteiger partial charge in [0.25, 0.3) is 11.6 Å². The number of aliphatic hydroxyl groups is 1. The quantitative estimate of drug-likeness (QED) is 0.583. The minimum Gasteiger partial charge on any atom is -0.486 e. The first-order valence-corrected chi connectivity index (χ1v) is 10.5. The highest BCUT2D eigenvalue weighted by Crippen LogP contribution is 2.43. The first-order chi connectivity index (χ1) is 16.7. The second-order valence-corrected chi connectivity index (χ2v) is 7.81. The van der Waals surface area contributed by atoms with Crippen molar-refractivity contribution < 1.29 is 32.5 Å². The lowest BCUT2D eigenvalue weighted by molar-refractivity contribution is -0.254. The van der Waals surface area contributed by atoms with E-state index in [0.29, 0.717) is 41.0 Å². The van der Waals surface area contributed by atoms with E-state index in [1.165, 1.54) is 24.5 Å². The Bertz CT molecular complexity index is 1280. The highest BCUT2D eigenvalue weighted by molar-refractivity contribution is 6.05. The van der Waals surface area contributed by atoms with Crippen LogP contribution in [0.25, 0.3) is 0 Å². The van der Waals surface area contributed by atoms with Crippen LogP contribution >= 0.6 is 0 Å². The van der Waals surface area contributed by atoms with E-state index in [2.05, 4.69) is 20.4 Å². The van der Waals surface area contributed by atoms with Crippen LogP contribution in [0.15, 0.2) is 66.2 Å². The van der Waals surface area contributed by atoms with Crippen molar-refractivity contribution in [2.24, 2.45) is 5.10 Å². The second-order valence-electron chi connectivity index (χ2n) is 7.81. The summed E-state index contributed by atoms with van der Waals surface area (Å²) in [5.74, 6) is 0.242. The van der Waals surface area contributed by atoms with Gasteiger partial charge in [-0.3, -0.25) is 9.78 Å². The molecule has 12 heteroatoms. The molecule has 0 spiro atoms. The van der Waals surface area contributed by atoms with E-state index in [-0.39, 0.29) is 17.1 Å². The minimum absolute atomic E-state index is 0.000141. The number of ether oxygens (including phenoxy) is 2. The maximum atomic E-state index is 13.8. The summed E-state index contributed by atoms with van der Waals surface area (Å²) in [4.78, 5) is 20.5. The Balaban J connectivity index is 1.38. The third-order valence-electron chi connectivity index (χ3n) is 5.46. The predicted molar refractivity (Wildman–Crippen MR) is 118 cm³/mol. The maximum Gasteiger partial charge on any atom is 0.438 e. The Labute approximate surface area is 196 Å². The molecule has 0 saturated carbocycles. The zero-order valence-corrected chi connectivity index (χ0v) is 18.0. The summed E-state index contributed by atoms with van der Waals surface area (Å²) in [6.45, 7) is 0.826. The van der Waals surface area contributed by atoms with Crippen LogP contribution in [0.1, 0.15) is 22.3 Å². The molecule has 4 heterocycles. The number of benzene rings is 1. The standard InChI is InChI=1S/C23H18F3N5O4/c24-23(25,26)22(33)11-17(14-2-1-7-27-12-14)30-31(22)20-6-3-15(13-28-20)21(32)29-16-4-5-18-19(10-16)35-9-8-34-18/h1-7,10,12-13,33H,8-9,11H2,(H,29,32). The van der Waals surface area contributed by atoms with Gasteiger partial charge in [-0.15, -0.1) is 0 Å². The molecular weight excluding hydrogens is 467 g/mol. The van der Waals surface area contributed by atoms with E-state index in [1.54, 1.807) is 30.3 Å². The van der Waals surface area contributed by atoms with E-state index < -0.39 is 24.2 Å². The number of anilines is 2. The number of halogens is 3. The molecule has 0 aliphatic carbocycles. The molecule has 0 radical (unpaired) electrons. The molecule has 2 N–H and O–H groups in total. The molecule has 180 valence electrons. The SMILES string of the molecule is O=C(Nc1ccc2c(c1)OCCO2)c1ccc(N2N=C(c3cccnc3)CC2(O)C(F)(F)F)nc1. The van der Waals surface area contributed by atoms with Gasteiger partial charge in [-0.2, -0.15) is 18.3 Å². The minimum atomic E-state index is -5.03. The number of pyridine rings is 2. The van der Waals surface area contributed by atoms with Gasteiger partial charge < -0.3 is 19.9 Å². The van der Waals surface area contributed by atoms with Crippen molar-refractivity contribution in [2.75, 3.05) is 23.5 Å². The molecule has 0 fully saturated rings. The highest BCUT2D eigenvalue weighted by atomic mass is 19.4. The Morgan fingerprint density at radius 3 is 2.57 bits per heavy atom. The van der Waals surface area contributed by atoms with Crippen LogP contribution in [0.4, 0.5) is 24.7 Å². The average molecular weight is 485 g/mol. The number of fused-ring (bicyclic) bond motifs is 1. The van der Waals surface area contributed by atoms with Crippen LogP contribution in [0.2, 0.25) is 0 Å². The Kier molecular flexibility index (Phi) is 5.52. The van der Waals surface area contributed by atoms with Crippen LogP contribution in [-0.4, -0.2) is 51.8 Å². The van der Waals surface area contributed by atoms with Crippen LogP contribution in [0.3, 0.4) is 0 Å². The predicted octanol–water partition coefficient (Wildman–Crippen LogP) is 3.37. The smallest absolute Gasteiger partial charge is 0.438 e. The van der Waals surface area contributed by atoms with Crippen molar-refractivity contribution >= 4 is 23.1 Å². The van der Waals surface area contributed by atoms with E-state index in [1.807, 2.05) is 0 Å². The van der Waals surface area contributed by atoms with Crippen molar-refractivity contribution in [3.63, 3.8) is 0 Å². The number of hydrogen-bond donors (Lipinski definition) is 2. The number of rotatable bonds is 4. The van der Waals surface area contributed by atoms with Gasteiger partial charge in [-0.1, -0.05) is 6.07 Å². The van der Waals surface area contributed by atoms with E-state index in [9.17, 15) is 23.1 Å². The number of aromatic nitrogens is 2. The molecule has 2 aliphatic heterocycles. The van der Waals surface area contributed by atoms with Crippen LogP contribution < -0.4 is 19.8 Å². The van der Waals surface area contributed by atoms with Crippen molar-refractivity contribution in [3.8, 4) is 11.5 Å². The normalized spacial score (nSPS) is 19.3. The second kappa shape index (κ2) is 8.55. The lowest BCUT2D eigenvalue weighted by Crippen LogP contribution is -2.55. The van der Waals surface area contributed by atoms with E-state index >= 15 is 0 Å². The van der Waals surface area contributed by atoms with Gasteiger partial charge in [0.05, 0.1) is 17.7 Å². The zero-order chi connectivity index (χ0) is 24.6. The first kappa shape index (κ1) is 22.6. The summed E-state index contributed by atoms with van der Waals surface area (Å²) >= 11 is 0. The highest BCUT2D eigenvalue weighted by Gasteiger charge is 2.62. The molecule has 2 aliphatic rings. The third kappa shape index (κ3) is 4.23. The number of nitrogens with one attached hydrogen (secondary N) is 1. The maximum absolute atomic E-state index is 13.8. The van der Waals surface area contributed by atoms with Crippen molar-refractivity contribution in [1.82, 2.24) is 9.97 Å². The molecule has 1 amide bonds. The number of alkyl halides is 3. The zero-order valence-electron chi connectivity index (χ0n) is 18.0. The van der Waals surface area contributed by atoms with Gasteiger partial charge in [0, 0.05) is 35.9 Å². The Morgan fingerprint density at radius 2 is 1.89 bits per heavy atom. The number of amides is 1. The lowest BCUT2D eigenvalue weighted by Gasteiger charge is -2.33. The summed E-state index contributed by atoms with van der Waals surface area (Å²) in [5.41, 5.74) is -2.43. The van der Waals surface area contributed by atoms with Gasteiger partial charge in [-0.25, -0.2) is 9.99 Å². The first-order valence-electron chi connectivity index (χ1n) is 10.5. The molecule has 5 rings (SSSR count). The molecule has 0 bridgehead atoms. The molecule has 1 aromatic carbocycles. The molecule has 3 aromatic rings. The van der Waals surface area contributed by atoms with Crippen LogP contribution in [0, 0.1) is 0 Å². The summed E-state index contributed by atoms with van der Waals surface area (Å²) in [6, 6.07) is 10.5. The van der Waals surface area contributed by atoms with E-state index in [0.717, 1.165) is 6.20 Å². The Hall–Kier alpha value is -4.19. The molecule has 35 heavy (non-hydrogen) atoms. The topological polar surface area (TPSA) is 109 Å². The molecule has 1 atom stereocenters. The molecule has 2 aromatic heterocycles. The van der Waals surface area contributed by atoms with Crippen molar-refractivity contribution in [3.05, 3.63) is 72.2 Å². The van der Waals surface area contributed by atoms with Gasteiger partial charge in [0.2, 0.25) is 0 Å². The number of hydrogen-bond acceptors (Lipinski definition) is 8. The number of hydrazone groups is 1. The van der Waals surface area contributed by atoms with E-state index in [4.69, 9.17) is 9.47 Å². The Morgan fingerprint density at radius 1 is 1.09 bits per heavy atom. The van der Waals surface area contributed by atoms with Crippen molar-refractivity contribution in [2.45, 2.75) is 18.3 Å². The van der Waals surface area contributed by atoms with Gasteiger partial charge in [0.1, 0.15) is 13.2 Å². The monoisotopic (exact) mass is 485 g/mol. The van der Waals surface area contributed by atoms with Gasteiger partial charge in [-0.05, 0) is 30.3 Å². The molecule has 1 unspecified atom stereocenters. The molecular formula is C23H18F3N5O4. The summed E-state index contributed by atoms with van der Waals surface area (Å²) in [5, 5.41) is 17.6. The fraction of sp³-hybridized carbons (Fsp3) is 0.217.